The van der Waals surface area contributed by atoms with Crippen LogP contribution >= 0.6 is 0 Å². The molecule has 0 bridgehead atoms. The number of urea groups is 1. The van der Waals surface area contributed by atoms with Gasteiger partial charge in [-0.3, -0.25) is 4.79 Å². The number of rotatable bonds is 3. The highest BCUT2D eigenvalue weighted by atomic mass is 16.2. The molecule has 2 rings (SSSR count). The van der Waals surface area contributed by atoms with Crippen molar-refractivity contribution in [3.63, 3.8) is 0 Å². The van der Waals surface area contributed by atoms with Gasteiger partial charge in [-0.15, -0.1) is 0 Å². The molecule has 6 heteroatoms. The van der Waals surface area contributed by atoms with Crippen LogP contribution in [-0.4, -0.2) is 16.9 Å². The molecule has 0 atom stereocenters. The average Bonchev–Trinajstić information content (AvgIpc) is 2.41. The van der Waals surface area contributed by atoms with Crippen molar-refractivity contribution in [3.8, 4) is 0 Å². The van der Waals surface area contributed by atoms with E-state index in [-0.39, 0.29) is 5.91 Å². The number of anilines is 2. The SMILES string of the molecule is Cc1cccnc1NC(=O)c1cccc(NC(N)=O)c1. The molecule has 0 saturated carbocycles. The van der Waals surface area contributed by atoms with E-state index in [1.165, 1.54) is 0 Å². The number of primary amides is 1. The van der Waals surface area contributed by atoms with Crippen LogP contribution in [0, 0.1) is 6.92 Å². The maximum atomic E-state index is 12.1. The number of benzene rings is 1. The van der Waals surface area contributed by atoms with E-state index in [2.05, 4.69) is 15.6 Å². The van der Waals surface area contributed by atoms with E-state index < -0.39 is 6.03 Å². The van der Waals surface area contributed by atoms with Gasteiger partial charge in [-0.1, -0.05) is 12.1 Å². The first-order valence-corrected chi connectivity index (χ1v) is 5.96. The maximum absolute atomic E-state index is 12.1. The summed E-state index contributed by atoms with van der Waals surface area (Å²) in [4.78, 5) is 27.0. The van der Waals surface area contributed by atoms with Crippen molar-refractivity contribution < 1.29 is 9.59 Å². The molecular formula is C14H14N4O2. The molecule has 102 valence electrons. The van der Waals surface area contributed by atoms with Crippen molar-refractivity contribution in [2.45, 2.75) is 6.92 Å². The topological polar surface area (TPSA) is 97.1 Å². The third-order valence-electron chi connectivity index (χ3n) is 2.63. The van der Waals surface area contributed by atoms with Gasteiger partial charge in [-0.2, -0.15) is 0 Å². The number of aryl methyl sites for hydroxylation is 1. The van der Waals surface area contributed by atoms with Gasteiger partial charge in [0.2, 0.25) is 0 Å². The van der Waals surface area contributed by atoms with Crippen LogP contribution in [-0.2, 0) is 0 Å². The molecule has 0 aliphatic carbocycles. The standard InChI is InChI=1S/C14H14N4O2/c1-9-4-3-7-16-12(9)18-13(19)10-5-2-6-11(8-10)17-14(15)20/h2-8H,1H3,(H3,15,17,20)(H,16,18,19). The Morgan fingerprint density at radius 2 is 1.95 bits per heavy atom. The van der Waals surface area contributed by atoms with E-state index in [1.807, 2.05) is 13.0 Å². The van der Waals surface area contributed by atoms with E-state index >= 15 is 0 Å². The highest BCUT2D eigenvalue weighted by Crippen LogP contribution is 2.14. The molecule has 1 aromatic heterocycles. The lowest BCUT2D eigenvalue weighted by Gasteiger charge is -2.08. The van der Waals surface area contributed by atoms with E-state index in [9.17, 15) is 9.59 Å². The first-order valence-electron chi connectivity index (χ1n) is 5.96. The van der Waals surface area contributed by atoms with Crippen LogP contribution in [0.1, 0.15) is 15.9 Å². The number of hydrogen-bond donors (Lipinski definition) is 3. The molecule has 0 aliphatic rings. The van der Waals surface area contributed by atoms with Crippen molar-refractivity contribution in [1.82, 2.24) is 4.98 Å². The van der Waals surface area contributed by atoms with Crippen LogP contribution in [0.15, 0.2) is 42.6 Å². The average molecular weight is 270 g/mol. The van der Waals surface area contributed by atoms with Crippen LogP contribution in [0.5, 0.6) is 0 Å². The number of nitrogens with two attached hydrogens (primary N) is 1. The molecule has 6 nitrogen and oxygen atoms in total. The zero-order chi connectivity index (χ0) is 14.5. The predicted molar refractivity (Wildman–Crippen MR) is 76.6 cm³/mol. The highest BCUT2D eigenvalue weighted by molar-refractivity contribution is 6.05. The number of nitrogens with zero attached hydrogens (tertiary/aromatic N) is 1. The lowest BCUT2D eigenvalue weighted by atomic mass is 10.2. The first-order chi connectivity index (χ1) is 9.56. The van der Waals surface area contributed by atoms with Crippen LogP contribution in [0.3, 0.4) is 0 Å². The molecule has 1 heterocycles. The van der Waals surface area contributed by atoms with Gasteiger partial charge >= 0.3 is 6.03 Å². The molecule has 0 saturated heterocycles. The summed E-state index contributed by atoms with van der Waals surface area (Å²) in [6, 6.07) is 9.45. The second-order valence-corrected chi connectivity index (χ2v) is 4.19. The van der Waals surface area contributed by atoms with Crippen LogP contribution < -0.4 is 16.4 Å². The monoisotopic (exact) mass is 270 g/mol. The molecule has 4 N–H and O–H groups in total. The number of hydrogen-bond acceptors (Lipinski definition) is 3. The Labute approximate surface area is 116 Å². The third-order valence-corrected chi connectivity index (χ3v) is 2.63. The highest BCUT2D eigenvalue weighted by Gasteiger charge is 2.09. The second-order valence-electron chi connectivity index (χ2n) is 4.19. The number of carbonyl (C=O) groups is 2. The minimum Gasteiger partial charge on any atom is -0.351 e. The summed E-state index contributed by atoms with van der Waals surface area (Å²) in [5.41, 5.74) is 6.77. The number of aromatic nitrogens is 1. The van der Waals surface area contributed by atoms with Gasteiger partial charge < -0.3 is 16.4 Å². The fraction of sp³-hybridized carbons (Fsp3) is 0.0714. The predicted octanol–water partition coefficient (Wildman–Crippen LogP) is 2.13. The Morgan fingerprint density at radius 3 is 2.65 bits per heavy atom. The van der Waals surface area contributed by atoms with Crippen LogP contribution in [0.4, 0.5) is 16.3 Å². The first kappa shape index (κ1) is 13.5. The normalized spacial score (nSPS) is 9.85. The van der Waals surface area contributed by atoms with Crippen LogP contribution in [0.25, 0.3) is 0 Å². The Morgan fingerprint density at radius 1 is 1.15 bits per heavy atom. The largest absolute Gasteiger partial charge is 0.351 e. The van der Waals surface area contributed by atoms with Gasteiger partial charge in [0.1, 0.15) is 5.82 Å². The van der Waals surface area contributed by atoms with E-state index in [0.29, 0.717) is 17.1 Å². The lowest BCUT2D eigenvalue weighted by Crippen LogP contribution is -2.20. The molecule has 2 aromatic rings. The summed E-state index contributed by atoms with van der Waals surface area (Å²) in [5, 5.41) is 5.13. The summed E-state index contributed by atoms with van der Waals surface area (Å²) in [6.45, 7) is 1.85. The molecular weight excluding hydrogens is 256 g/mol. The maximum Gasteiger partial charge on any atom is 0.316 e. The number of amides is 3. The molecule has 0 unspecified atom stereocenters. The molecule has 0 spiro atoms. The number of pyridine rings is 1. The van der Waals surface area contributed by atoms with Gasteiger partial charge in [0.15, 0.2) is 0 Å². The third kappa shape index (κ3) is 3.32. The van der Waals surface area contributed by atoms with Crippen molar-refractivity contribution >= 4 is 23.4 Å². The molecule has 0 radical (unpaired) electrons. The molecule has 3 amide bonds. The van der Waals surface area contributed by atoms with Crippen molar-refractivity contribution in [2.75, 3.05) is 10.6 Å². The van der Waals surface area contributed by atoms with Gasteiger partial charge in [0, 0.05) is 17.4 Å². The molecule has 0 fully saturated rings. The van der Waals surface area contributed by atoms with Gasteiger partial charge in [-0.25, -0.2) is 9.78 Å². The van der Waals surface area contributed by atoms with Gasteiger partial charge in [-0.05, 0) is 36.8 Å². The summed E-state index contributed by atoms with van der Waals surface area (Å²) in [5.74, 6) is 0.200. The Bertz CT molecular complexity index is 655. The van der Waals surface area contributed by atoms with Gasteiger partial charge in [0.25, 0.3) is 5.91 Å². The van der Waals surface area contributed by atoms with E-state index in [1.54, 1.807) is 36.5 Å². The summed E-state index contributed by atoms with van der Waals surface area (Å²) >= 11 is 0. The summed E-state index contributed by atoms with van der Waals surface area (Å²) in [7, 11) is 0. The zero-order valence-corrected chi connectivity index (χ0v) is 10.9. The van der Waals surface area contributed by atoms with E-state index in [0.717, 1.165) is 5.56 Å². The van der Waals surface area contributed by atoms with Gasteiger partial charge in [0.05, 0.1) is 0 Å². The van der Waals surface area contributed by atoms with Crippen molar-refractivity contribution in [3.05, 3.63) is 53.7 Å². The van der Waals surface area contributed by atoms with Crippen molar-refractivity contribution in [1.29, 1.82) is 0 Å². The Balaban J connectivity index is 2.17. The number of nitrogens with one attached hydrogen (secondary N) is 2. The Kier molecular flexibility index (Phi) is 3.95. The van der Waals surface area contributed by atoms with E-state index in [4.69, 9.17) is 5.73 Å². The smallest absolute Gasteiger partial charge is 0.316 e. The fourth-order valence-corrected chi connectivity index (χ4v) is 1.68. The van der Waals surface area contributed by atoms with Crippen molar-refractivity contribution in [2.24, 2.45) is 5.73 Å². The fourth-order valence-electron chi connectivity index (χ4n) is 1.68. The minimum atomic E-state index is -0.678. The minimum absolute atomic E-state index is 0.306. The lowest BCUT2D eigenvalue weighted by molar-refractivity contribution is 0.102. The zero-order valence-electron chi connectivity index (χ0n) is 10.9. The quantitative estimate of drug-likeness (QED) is 0.797. The molecule has 0 aliphatic heterocycles. The second kappa shape index (κ2) is 5.83. The van der Waals surface area contributed by atoms with Crippen LogP contribution in [0.2, 0.25) is 0 Å². The summed E-state index contributed by atoms with van der Waals surface area (Å²) in [6.07, 6.45) is 1.60. The summed E-state index contributed by atoms with van der Waals surface area (Å²) < 4.78 is 0. The molecule has 1 aromatic carbocycles. The Hall–Kier alpha value is -2.89. The molecule has 20 heavy (non-hydrogen) atoms. The number of carbonyl (C=O) groups excluding carboxylic acids is 2.